The van der Waals surface area contributed by atoms with Crippen molar-refractivity contribution in [3.8, 4) is 0 Å². The van der Waals surface area contributed by atoms with Crippen LogP contribution in [0.2, 0.25) is 0 Å². The molecule has 0 bridgehead atoms. The molecule has 0 aromatic carbocycles. The fourth-order valence-corrected chi connectivity index (χ4v) is 3.27. The highest BCUT2D eigenvalue weighted by atomic mass is 16.3. The maximum Gasteiger partial charge on any atom is 0.257 e. The van der Waals surface area contributed by atoms with E-state index in [1.54, 1.807) is 16.9 Å². The minimum Gasteiger partial charge on any atom is -0.472 e. The lowest BCUT2D eigenvalue weighted by molar-refractivity contribution is 0.0766. The molecule has 0 saturated carbocycles. The Morgan fingerprint density at radius 3 is 2.88 bits per heavy atom. The molecule has 1 fully saturated rings. The fourth-order valence-electron chi connectivity index (χ4n) is 3.27. The molecule has 0 aliphatic carbocycles. The summed E-state index contributed by atoms with van der Waals surface area (Å²) in [5.41, 5.74) is 3.38. The molecule has 26 heavy (non-hydrogen) atoms. The van der Waals surface area contributed by atoms with Crippen molar-refractivity contribution >= 4 is 17.2 Å². The molecule has 0 unspecified atom stereocenters. The molecule has 4 rings (SSSR count). The quantitative estimate of drug-likeness (QED) is 0.717. The topological polar surface area (TPSA) is 79.8 Å². The van der Waals surface area contributed by atoms with Crippen LogP contribution in [-0.4, -0.2) is 56.8 Å². The smallest absolute Gasteiger partial charge is 0.257 e. The van der Waals surface area contributed by atoms with E-state index in [1.165, 1.54) is 12.5 Å². The third-order valence-electron chi connectivity index (χ3n) is 4.75. The Morgan fingerprint density at radius 2 is 2.12 bits per heavy atom. The van der Waals surface area contributed by atoms with Gasteiger partial charge in [-0.25, -0.2) is 0 Å². The van der Waals surface area contributed by atoms with Gasteiger partial charge in [-0.3, -0.25) is 4.79 Å². The van der Waals surface area contributed by atoms with Crippen molar-refractivity contribution in [2.24, 2.45) is 0 Å². The van der Waals surface area contributed by atoms with Gasteiger partial charge in [-0.1, -0.05) is 13.8 Å². The lowest BCUT2D eigenvalue weighted by Gasteiger charge is -2.24. The van der Waals surface area contributed by atoms with Crippen LogP contribution in [-0.2, 0) is 0 Å². The third kappa shape index (κ3) is 3.02. The zero-order valence-corrected chi connectivity index (χ0v) is 15.0. The van der Waals surface area contributed by atoms with Gasteiger partial charge in [0.05, 0.1) is 23.2 Å². The Balaban J connectivity index is 1.59. The van der Waals surface area contributed by atoms with E-state index in [4.69, 9.17) is 4.42 Å². The van der Waals surface area contributed by atoms with Gasteiger partial charge in [0.15, 0.2) is 0 Å². The van der Waals surface area contributed by atoms with Gasteiger partial charge in [-0.05, 0) is 24.5 Å². The number of anilines is 1. The Hall–Kier alpha value is -2.90. The van der Waals surface area contributed by atoms with Crippen molar-refractivity contribution < 1.29 is 9.21 Å². The van der Waals surface area contributed by atoms with Crippen LogP contribution in [0.1, 0.15) is 42.2 Å². The summed E-state index contributed by atoms with van der Waals surface area (Å²) in [6.45, 7) is 7.23. The first kappa shape index (κ1) is 16.6. The number of amides is 1. The van der Waals surface area contributed by atoms with E-state index in [9.17, 15) is 4.79 Å². The molecule has 1 aliphatic heterocycles. The highest BCUT2D eigenvalue weighted by Crippen LogP contribution is 2.25. The van der Waals surface area contributed by atoms with Gasteiger partial charge in [-0.15, -0.1) is 10.2 Å². The SMILES string of the molecule is CC(C)c1cc(N2CCCN(C(=O)c3ccoc3)CC2)c2nncn2n1. The zero-order chi connectivity index (χ0) is 18.1. The standard InChI is InChI=1S/C18H22N6O2/c1-13(2)15-10-16(17-20-19-12-24(17)21-15)22-5-3-6-23(8-7-22)18(25)14-4-9-26-11-14/h4,9-13H,3,5-8H2,1-2H3. The lowest BCUT2D eigenvalue weighted by Crippen LogP contribution is -2.35. The van der Waals surface area contributed by atoms with Crippen LogP contribution in [0.3, 0.4) is 0 Å². The van der Waals surface area contributed by atoms with Crippen LogP contribution in [0.25, 0.3) is 5.65 Å². The molecule has 0 spiro atoms. The molecule has 136 valence electrons. The van der Waals surface area contributed by atoms with Crippen LogP contribution < -0.4 is 4.90 Å². The molecule has 1 aliphatic rings. The molecular weight excluding hydrogens is 332 g/mol. The predicted molar refractivity (Wildman–Crippen MR) is 96.3 cm³/mol. The molecule has 3 aromatic heterocycles. The average Bonchev–Trinajstić information content (AvgIpc) is 3.27. The van der Waals surface area contributed by atoms with Crippen molar-refractivity contribution in [2.75, 3.05) is 31.1 Å². The number of hydrogen-bond acceptors (Lipinski definition) is 6. The molecular formula is C18H22N6O2. The van der Waals surface area contributed by atoms with Crippen LogP contribution in [0.5, 0.6) is 0 Å². The molecule has 1 amide bonds. The number of nitrogens with zero attached hydrogens (tertiary/aromatic N) is 6. The number of furan rings is 1. The van der Waals surface area contributed by atoms with Crippen LogP contribution in [0.15, 0.2) is 35.4 Å². The van der Waals surface area contributed by atoms with Crippen molar-refractivity contribution in [3.63, 3.8) is 0 Å². The predicted octanol–water partition coefficient (Wildman–Crippen LogP) is 2.19. The molecule has 1 saturated heterocycles. The molecule has 0 radical (unpaired) electrons. The lowest BCUT2D eigenvalue weighted by atomic mass is 10.1. The maximum atomic E-state index is 12.6. The second-order valence-electron chi connectivity index (χ2n) is 6.85. The van der Waals surface area contributed by atoms with Crippen molar-refractivity contribution in [3.05, 3.63) is 42.2 Å². The fraction of sp³-hybridized carbons (Fsp3) is 0.444. The van der Waals surface area contributed by atoms with E-state index in [0.29, 0.717) is 18.0 Å². The summed E-state index contributed by atoms with van der Waals surface area (Å²) in [7, 11) is 0. The van der Waals surface area contributed by atoms with Gasteiger partial charge < -0.3 is 14.2 Å². The van der Waals surface area contributed by atoms with E-state index in [1.807, 2.05) is 4.90 Å². The molecule has 0 atom stereocenters. The largest absolute Gasteiger partial charge is 0.472 e. The van der Waals surface area contributed by atoms with E-state index < -0.39 is 0 Å². The maximum absolute atomic E-state index is 12.6. The highest BCUT2D eigenvalue weighted by molar-refractivity contribution is 5.93. The number of aromatic nitrogens is 4. The second-order valence-corrected chi connectivity index (χ2v) is 6.85. The number of fused-ring (bicyclic) bond motifs is 1. The van der Waals surface area contributed by atoms with Gasteiger partial charge in [0, 0.05) is 26.2 Å². The first-order chi connectivity index (χ1) is 12.6. The van der Waals surface area contributed by atoms with E-state index in [0.717, 1.165) is 43.1 Å². The van der Waals surface area contributed by atoms with Gasteiger partial charge in [-0.2, -0.15) is 9.61 Å². The molecule has 8 heteroatoms. The summed E-state index contributed by atoms with van der Waals surface area (Å²) in [6.07, 6.45) is 5.56. The molecule has 8 nitrogen and oxygen atoms in total. The van der Waals surface area contributed by atoms with Crippen LogP contribution in [0, 0.1) is 0 Å². The number of hydrogen-bond donors (Lipinski definition) is 0. The summed E-state index contributed by atoms with van der Waals surface area (Å²) >= 11 is 0. The number of rotatable bonds is 3. The molecule has 0 N–H and O–H groups in total. The number of carbonyl (C=O) groups is 1. The Kier molecular flexibility index (Phi) is 4.32. The summed E-state index contributed by atoms with van der Waals surface area (Å²) in [6, 6.07) is 3.81. The Bertz CT molecular complexity index is 902. The molecule has 3 aromatic rings. The highest BCUT2D eigenvalue weighted by Gasteiger charge is 2.23. The first-order valence-electron chi connectivity index (χ1n) is 8.91. The van der Waals surface area contributed by atoms with Crippen molar-refractivity contribution in [2.45, 2.75) is 26.2 Å². The minimum absolute atomic E-state index is 0.0193. The van der Waals surface area contributed by atoms with E-state index >= 15 is 0 Å². The summed E-state index contributed by atoms with van der Waals surface area (Å²) in [5, 5.41) is 12.8. The third-order valence-corrected chi connectivity index (χ3v) is 4.75. The monoisotopic (exact) mass is 354 g/mol. The van der Waals surface area contributed by atoms with Crippen molar-refractivity contribution in [1.82, 2.24) is 24.7 Å². The van der Waals surface area contributed by atoms with Crippen LogP contribution in [0.4, 0.5) is 5.69 Å². The van der Waals surface area contributed by atoms with E-state index in [2.05, 4.69) is 40.1 Å². The normalized spacial score (nSPS) is 15.7. The van der Waals surface area contributed by atoms with Crippen molar-refractivity contribution in [1.29, 1.82) is 0 Å². The van der Waals surface area contributed by atoms with Crippen LogP contribution >= 0.6 is 0 Å². The number of carbonyl (C=O) groups excluding carboxylic acids is 1. The van der Waals surface area contributed by atoms with Gasteiger partial charge >= 0.3 is 0 Å². The Morgan fingerprint density at radius 1 is 1.23 bits per heavy atom. The second kappa shape index (κ2) is 6.78. The zero-order valence-electron chi connectivity index (χ0n) is 15.0. The minimum atomic E-state index is 0.0193. The summed E-state index contributed by atoms with van der Waals surface area (Å²) in [5.74, 6) is 0.331. The van der Waals surface area contributed by atoms with E-state index in [-0.39, 0.29) is 5.91 Å². The molecule has 4 heterocycles. The first-order valence-corrected chi connectivity index (χ1v) is 8.91. The van der Waals surface area contributed by atoms with Gasteiger partial charge in [0.25, 0.3) is 5.91 Å². The van der Waals surface area contributed by atoms with Gasteiger partial charge in [0.1, 0.15) is 12.6 Å². The Labute approximate surface area is 151 Å². The van der Waals surface area contributed by atoms with Gasteiger partial charge in [0.2, 0.25) is 5.65 Å². The summed E-state index contributed by atoms with van der Waals surface area (Å²) in [4.78, 5) is 16.7. The summed E-state index contributed by atoms with van der Waals surface area (Å²) < 4.78 is 6.78. The average molecular weight is 354 g/mol.